The van der Waals surface area contributed by atoms with Crippen LogP contribution in [0.4, 0.5) is 0 Å². The van der Waals surface area contributed by atoms with Crippen molar-refractivity contribution in [3.63, 3.8) is 0 Å². The minimum atomic E-state index is 0.567. The molecular formula is C14H22N2S. The van der Waals surface area contributed by atoms with Crippen LogP contribution in [0.1, 0.15) is 43.5 Å². The maximum Gasteiger partial charge on any atom is 0.0413 e. The summed E-state index contributed by atoms with van der Waals surface area (Å²) < 4.78 is 0. The Balaban J connectivity index is 1.68. The number of fused-ring (bicyclic) bond motifs is 2. The molecule has 0 amide bonds. The molecule has 94 valence electrons. The van der Waals surface area contributed by atoms with Crippen LogP contribution in [0.5, 0.6) is 0 Å². The van der Waals surface area contributed by atoms with Crippen LogP contribution >= 0.6 is 11.3 Å². The molecule has 2 aliphatic heterocycles. The molecule has 0 aliphatic carbocycles. The largest absolute Gasteiger partial charge is 0.311 e. The van der Waals surface area contributed by atoms with Crippen molar-refractivity contribution in [2.45, 2.75) is 56.8 Å². The maximum atomic E-state index is 3.72. The summed E-state index contributed by atoms with van der Waals surface area (Å²) in [6, 6.07) is 7.34. The zero-order chi connectivity index (χ0) is 11.8. The second-order valence-corrected chi connectivity index (χ2v) is 6.60. The molecule has 2 fully saturated rings. The summed E-state index contributed by atoms with van der Waals surface area (Å²) in [7, 11) is 2.31. The first-order valence-corrected chi connectivity index (χ1v) is 7.63. The number of hydrogen-bond donors (Lipinski definition) is 1. The van der Waals surface area contributed by atoms with Crippen LogP contribution < -0.4 is 5.32 Å². The molecule has 3 atom stereocenters. The first-order chi connectivity index (χ1) is 8.24. The summed E-state index contributed by atoms with van der Waals surface area (Å²) >= 11 is 1.88. The third kappa shape index (κ3) is 2.28. The summed E-state index contributed by atoms with van der Waals surface area (Å²) in [6.07, 6.45) is 5.45. The summed E-state index contributed by atoms with van der Waals surface area (Å²) in [4.78, 5) is 4.09. The van der Waals surface area contributed by atoms with Crippen LogP contribution in [0.3, 0.4) is 0 Å². The topological polar surface area (TPSA) is 15.3 Å². The van der Waals surface area contributed by atoms with Gasteiger partial charge < -0.3 is 5.32 Å². The van der Waals surface area contributed by atoms with Crippen LogP contribution in [0.15, 0.2) is 17.5 Å². The van der Waals surface area contributed by atoms with Crippen molar-refractivity contribution in [2.24, 2.45) is 0 Å². The van der Waals surface area contributed by atoms with Crippen LogP contribution in [-0.2, 0) is 0 Å². The van der Waals surface area contributed by atoms with E-state index in [9.17, 15) is 0 Å². The molecule has 3 heterocycles. The van der Waals surface area contributed by atoms with E-state index in [0.29, 0.717) is 6.04 Å². The Labute approximate surface area is 108 Å². The second kappa shape index (κ2) is 4.71. The molecule has 2 aliphatic rings. The third-order valence-electron chi connectivity index (χ3n) is 4.59. The van der Waals surface area contributed by atoms with Gasteiger partial charge in [-0.3, -0.25) is 4.90 Å². The van der Waals surface area contributed by atoms with Crippen LogP contribution in [0, 0.1) is 0 Å². The number of nitrogens with one attached hydrogen (secondary N) is 1. The van der Waals surface area contributed by atoms with Crippen molar-refractivity contribution in [3.8, 4) is 0 Å². The SMILES string of the molecule is CC(c1cccs1)N(C)C1CC2CCC(C1)N2. The fraction of sp³-hybridized carbons (Fsp3) is 0.714. The van der Waals surface area contributed by atoms with E-state index in [2.05, 4.69) is 41.7 Å². The summed E-state index contributed by atoms with van der Waals surface area (Å²) in [5.41, 5.74) is 0. The van der Waals surface area contributed by atoms with Crippen LogP contribution in [0.2, 0.25) is 0 Å². The zero-order valence-electron chi connectivity index (χ0n) is 10.7. The molecule has 0 radical (unpaired) electrons. The van der Waals surface area contributed by atoms with E-state index in [0.717, 1.165) is 18.1 Å². The average molecular weight is 250 g/mol. The highest BCUT2D eigenvalue weighted by molar-refractivity contribution is 7.10. The van der Waals surface area contributed by atoms with Crippen molar-refractivity contribution in [1.29, 1.82) is 0 Å². The van der Waals surface area contributed by atoms with E-state index in [4.69, 9.17) is 0 Å². The average Bonchev–Trinajstić information content (AvgIpc) is 2.97. The smallest absolute Gasteiger partial charge is 0.0413 e. The van der Waals surface area contributed by atoms with Gasteiger partial charge in [0.1, 0.15) is 0 Å². The fourth-order valence-electron chi connectivity index (χ4n) is 3.41. The van der Waals surface area contributed by atoms with Crippen LogP contribution in [-0.4, -0.2) is 30.1 Å². The quantitative estimate of drug-likeness (QED) is 0.887. The minimum absolute atomic E-state index is 0.567. The Morgan fingerprint density at radius 1 is 1.35 bits per heavy atom. The highest BCUT2D eigenvalue weighted by atomic mass is 32.1. The van der Waals surface area contributed by atoms with E-state index >= 15 is 0 Å². The van der Waals surface area contributed by atoms with Gasteiger partial charge in [0, 0.05) is 29.0 Å². The molecule has 1 aromatic rings. The number of nitrogens with zero attached hydrogens (tertiary/aromatic N) is 1. The molecule has 1 aromatic heterocycles. The van der Waals surface area contributed by atoms with Crippen molar-refractivity contribution < 1.29 is 0 Å². The number of piperidine rings is 1. The first-order valence-electron chi connectivity index (χ1n) is 6.75. The maximum absolute atomic E-state index is 3.72. The van der Waals surface area contributed by atoms with Gasteiger partial charge in [0.2, 0.25) is 0 Å². The lowest BCUT2D eigenvalue weighted by atomic mass is 9.97. The standard InChI is InChI=1S/C14H22N2S/c1-10(14-4-3-7-17-14)16(2)13-8-11-5-6-12(9-13)15-11/h3-4,7,10-13,15H,5-6,8-9H2,1-2H3. The Hall–Kier alpha value is -0.380. The molecule has 0 saturated carbocycles. The Morgan fingerprint density at radius 2 is 2.06 bits per heavy atom. The van der Waals surface area contributed by atoms with Gasteiger partial charge in [-0.05, 0) is 51.1 Å². The van der Waals surface area contributed by atoms with E-state index in [1.54, 1.807) is 0 Å². The molecule has 3 heteroatoms. The van der Waals surface area contributed by atoms with Gasteiger partial charge in [0.05, 0.1) is 0 Å². The van der Waals surface area contributed by atoms with Crippen molar-refractivity contribution in [3.05, 3.63) is 22.4 Å². The Morgan fingerprint density at radius 3 is 2.65 bits per heavy atom. The first kappa shape index (κ1) is 11.7. The summed E-state index contributed by atoms with van der Waals surface area (Å²) in [6.45, 7) is 2.34. The van der Waals surface area contributed by atoms with Gasteiger partial charge in [-0.1, -0.05) is 6.07 Å². The van der Waals surface area contributed by atoms with Crippen LogP contribution in [0.25, 0.3) is 0 Å². The predicted octanol–water partition coefficient (Wildman–Crippen LogP) is 3.02. The van der Waals surface area contributed by atoms with Crippen molar-refractivity contribution in [2.75, 3.05) is 7.05 Å². The molecule has 2 bridgehead atoms. The molecular weight excluding hydrogens is 228 g/mol. The van der Waals surface area contributed by atoms with Gasteiger partial charge in [0.25, 0.3) is 0 Å². The monoisotopic (exact) mass is 250 g/mol. The minimum Gasteiger partial charge on any atom is -0.311 e. The number of thiophene rings is 1. The zero-order valence-corrected chi connectivity index (χ0v) is 11.5. The number of hydrogen-bond acceptors (Lipinski definition) is 3. The van der Waals surface area contributed by atoms with E-state index in [-0.39, 0.29) is 0 Å². The second-order valence-electron chi connectivity index (χ2n) is 5.62. The number of rotatable bonds is 3. The van der Waals surface area contributed by atoms with Crippen molar-refractivity contribution >= 4 is 11.3 Å². The normalized spacial score (nSPS) is 34.2. The van der Waals surface area contributed by atoms with Gasteiger partial charge in [-0.25, -0.2) is 0 Å². The van der Waals surface area contributed by atoms with Gasteiger partial charge >= 0.3 is 0 Å². The predicted molar refractivity (Wildman–Crippen MR) is 73.5 cm³/mol. The molecule has 0 aromatic carbocycles. The van der Waals surface area contributed by atoms with E-state index in [1.807, 2.05) is 11.3 Å². The lowest BCUT2D eigenvalue weighted by molar-refractivity contribution is 0.134. The molecule has 2 nitrogen and oxygen atoms in total. The lowest BCUT2D eigenvalue weighted by Crippen LogP contribution is -2.47. The van der Waals surface area contributed by atoms with E-state index < -0.39 is 0 Å². The summed E-state index contributed by atoms with van der Waals surface area (Å²) in [5, 5.41) is 5.91. The highest BCUT2D eigenvalue weighted by Gasteiger charge is 2.36. The lowest BCUT2D eigenvalue weighted by Gasteiger charge is -2.38. The molecule has 0 spiro atoms. The Bertz CT molecular complexity index is 350. The van der Waals surface area contributed by atoms with E-state index in [1.165, 1.54) is 30.6 Å². The summed E-state index contributed by atoms with van der Waals surface area (Å²) in [5.74, 6) is 0. The molecule has 17 heavy (non-hydrogen) atoms. The third-order valence-corrected chi connectivity index (χ3v) is 5.63. The van der Waals surface area contributed by atoms with Gasteiger partial charge in [-0.2, -0.15) is 0 Å². The Kier molecular flexibility index (Phi) is 3.24. The molecule has 1 N–H and O–H groups in total. The van der Waals surface area contributed by atoms with Gasteiger partial charge in [-0.15, -0.1) is 11.3 Å². The molecule has 3 rings (SSSR count). The highest BCUT2D eigenvalue weighted by Crippen LogP contribution is 2.33. The van der Waals surface area contributed by atoms with Crippen molar-refractivity contribution in [1.82, 2.24) is 10.2 Å². The molecule has 3 unspecified atom stereocenters. The molecule has 2 saturated heterocycles. The fourth-order valence-corrected chi connectivity index (χ4v) is 4.24. The van der Waals surface area contributed by atoms with Gasteiger partial charge in [0.15, 0.2) is 0 Å².